The molecule has 0 fully saturated rings. The van der Waals surface area contributed by atoms with Crippen molar-refractivity contribution in [3.05, 3.63) is 30.0 Å². The lowest BCUT2D eigenvalue weighted by Crippen LogP contribution is -2.16. The monoisotopic (exact) mass is 289 g/mol. The van der Waals surface area contributed by atoms with Crippen molar-refractivity contribution >= 4 is 22.6 Å². The Labute approximate surface area is 123 Å². The van der Waals surface area contributed by atoms with E-state index >= 15 is 0 Å². The van der Waals surface area contributed by atoms with E-state index in [1.165, 1.54) is 0 Å². The van der Waals surface area contributed by atoms with Gasteiger partial charge in [-0.2, -0.15) is 0 Å². The normalized spacial score (nSPS) is 11.0. The smallest absolute Gasteiger partial charge is 0.358 e. The molecular formula is C15H19N3O3. The van der Waals surface area contributed by atoms with E-state index in [2.05, 4.69) is 29.4 Å². The van der Waals surface area contributed by atoms with Crippen molar-refractivity contribution in [2.45, 2.75) is 13.8 Å². The maximum Gasteiger partial charge on any atom is 0.358 e. The van der Waals surface area contributed by atoms with Gasteiger partial charge in [0.05, 0.1) is 17.8 Å². The molecular weight excluding hydrogens is 270 g/mol. The Balaban J connectivity index is 2.16. The Morgan fingerprint density at radius 3 is 2.81 bits per heavy atom. The van der Waals surface area contributed by atoms with E-state index in [1.807, 2.05) is 18.2 Å². The lowest BCUT2D eigenvalue weighted by Gasteiger charge is -2.12. The van der Waals surface area contributed by atoms with Gasteiger partial charge in [0, 0.05) is 18.5 Å². The third kappa shape index (κ3) is 3.88. The molecule has 1 aromatic heterocycles. The summed E-state index contributed by atoms with van der Waals surface area (Å²) in [5.41, 5.74) is 1.08. The SMILES string of the molecule is CC(C)COCCNc1c(C(=O)O)nnc2ccccc12. The summed E-state index contributed by atoms with van der Waals surface area (Å²) in [4.78, 5) is 11.3. The first-order valence-corrected chi connectivity index (χ1v) is 6.90. The van der Waals surface area contributed by atoms with Gasteiger partial charge < -0.3 is 15.2 Å². The van der Waals surface area contributed by atoms with E-state index in [9.17, 15) is 9.90 Å². The standard InChI is InChI=1S/C15H19N3O3/c1-10(2)9-21-8-7-16-13-11-5-3-4-6-12(11)17-18-14(13)15(19)20/h3-6,10H,7-9H2,1-2H3,(H,16,17)(H,19,20). The fourth-order valence-electron chi connectivity index (χ4n) is 1.95. The molecule has 0 aliphatic rings. The van der Waals surface area contributed by atoms with Crippen LogP contribution in [-0.2, 0) is 4.74 Å². The minimum atomic E-state index is -1.10. The number of carbonyl (C=O) groups is 1. The van der Waals surface area contributed by atoms with Crippen LogP contribution >= 0.6 is 0 Å². The van der Waals surface area contributed by atoms with Gasteiger partial charge >= 0.3 is 5.97 Å². The first-order chi connectivity index (χ1) is 10.1. The Hall–Kier alpha value is -2.21. The molecule has 112 valence electrons. The number of carboxylic acid groups (broad SMARTS) is 1. The van der Waals surface area contributed by atoms with Crippen LogP contribution in [0.3, 0.4) is 0 Å². The molecule has 21 heavy (non-hydrogen) atoms. The molecule has 0 aliphatic carbocycles. The maximum absolute atomic E-state index is 11.3. The summed E-state index contributed by atoms with van der Waals surface area (Å²) in [5, 5.41) is 20.8. The van der Waals surface area contributed by atoms with Crippen molar-refractivity contribution in [3.63, 3.8) is 0 Å². The zero-order chi connectivity index (χ0) is 15.2. The number of benzene rings is 1. The summed E-state index contributed by atoms with van der Waals surface area (Å²) < 4.78 is 5.48. The van der Waals surface area contributed by atoms with Crippen LogP contribution < -0.4 is 5.32 Å². The number of rotatable bonds is 7. The number of fused-ring (bicyclic) bond motifs is 1. The second kappa shape index (κ2) is 6.99. The van der Waals surface area contributed by atoms with Crippen LogP contribution in [0.15, 0.2) is 24.3 Å². The second-order valence-electron chi connectivity index (χ2n) is 5.14. The molecule has 0 saturated heterocycles. The molecule has 6 nitrogen and oxygen atoms in total. The number of hydrogen-bond donors (Lipinski definition) is 2. The molecule has 0 spiro atoms. The van der Waals surface area contributed by atoms with Crippen LogP contribution in [0.4, 0.5) is 5.69 Å². The maximum atomic E-state index is 11.3. The summed E-state index contributed by atoms with van der Waals surface area (Å²) in [7, 11) is 0. The van der Waals surface area contributed by atoms with Gasteiger partial charge in [-0.25, -0.2) is 4.79 Å². The summed E-state index contributed by atoms with van der Waals surface area (Å²) in [6.07, 6.45) is 0. The average Bonchev–Trinajstić information content (AvgIpc) is 2.46. The molecule has 0 unspecified atom stereocenters. The highest BCUT2D eigenvalue weighted by Crippen LogP contribution is 2.23. The number of anilines is 1. The van der Waals surface area contributed by atoms with Gasteiger partial charge in [0.25, 0.3) is 0 Å². The molecule has 0 bridgehead atoms. The van der Waals surface area contributed by atoms with E-state index in [-0.39, 0.29) is 5.69 Å². The fraction of sp³-hybridized carbons (Fsp3) is 0.400. The van der Waals surface area contributed by atoms with Crippen molar-refractivity contribution in [3.8, 4) is 0 Å². The number of aromatic carboxylic acids is 1. The van der Waals surface area contributed by atoms with Crippen molar-refractivity contribution in [2.24, 2.45) is 5.92 Å². The minimum absolute atomic E-state index is 0.0717. The first kappa shape index (κ1) is 15.2. The third-order valence-electron chi connectivity index (χ3n) is 2.87. The Kier molecular flexibility index (Phi) is 5.05. The molecule has 6 heteroatoms. The Bertz CT molecular complexity index is 629. The molecule has 0 atom stereocenters. The highest BCUT2D eigenvalue weighted by Gasteiger charge is 2.16. The van der Waals surface area contributed by atoms with Crippen LogP contribution in [0.1, 0.15) is 24.3 Å². The zero-order valence-corrected chi connectivity index (χ0v) is 12.2. The predicted octanol–water partition coefficient (Wildman–Crippen LogP) is 2.41. The molecule has 0 amide bonds. The summed E-state index contributed by atoms with van der Waals surface area (Å²) in [6.45, 7) is 5.87. The van der Waals surface area contributed by atoms with Crippen LogP contribution in [0.25, 0.3) is 10.9 Å². The molecule has 2 rings (SSSR count). The van der Waals surface area contributed by atoms with Gasteiger partial charge in [0.2, 0.25) is 0 Å². The lowest BCUT2D eigenvalue weighted by atomic mass is 10.1. The summed E-state index contributed by atoms with van der Waals surface area (Å²) in [6, 6.07) is 7.31. The number of aromatic nitrogens is 2. The minimum Gasteiger partial charge on any atom is -0.476 e. The number of ether oxygens (including phenoxy) is 1. The van der Waals surface area contributed by atoms with E-state index in [4.69, 9.17) is 4.74 Å². The van der Waals surface area contributed by atoms with Crippen molar-refractivity contribution in [2.75, 3.05) is 25.1 Å². The molecule has 0 aliphatic heterocycles. The highest BCUT2D eigenvalue weighted by molar-refractivity contribution is 6.02. The molecule has 2 N–H and O–H groups in total. The van der Waals surface area contributed by atoms with Crippen molar-refractivity contribution in [1.82, 2.24) is 10.2 Å². The second-order valence-corrected chi connectivity index (χ2v) is 5.14. The van der Waals surface area contributed by atoms with Gasteiger partial charge in [-0.05, 0) is 12.0 Å². The fourth-order valence-corrected chi connectivity index (χ4v) is 1.95. The zero-order valence-electron chi connectivity index (χ0n) is 12.2. The van der Waals surface area contributed by atoms with Crippen LogP contribution in [0.2, 0.25) is 0 Å². The van der Waals surface area contributed by atoms with Crippen LogP contribution in [-0.4, -0.2) is 41.0 Å². The lowest BCUT2D eigenvalue weighted by molar-refractivity contribution is 0.0690. The molecule has 2 aromatic rings. The van der Waals surface area contributed by atoms with Gasteiger partial charge in [0.15, 0.2) is 5.69 Å². The summed E-state index contributed by atoms with van der Waals surface area (Å²) in [5.74, 6) is -0.623. The number of nitrogens with zero attached hydrogens (tertiary/aromatic N) is 2. The van der Waals surface area contributed by atoms with Crippen molar-refractivity contribution in [1.29, 1.82) is 0 Å². The van der Waals surface area contributed by atoms with E-state index in [0.29, 0.717) is 36.9 Å². The molecule has 0 radical (unpaired) electrons. The van der Waals surface area contributed by atoms with Crippen LogP contribution in [0.5, 0.6) is 0 Å². The van der Waals surface area contributed by atoms with Crippen LogP contribution in [0, 0.1) is 5.92 Å². The molecule has 1 heterocycles. The van der Waals surface area contributed by atoms with Crippen molar-refractivity contribution < 1.29 is 14.6 Å². The van der Waals surface area contributed by atoms with Gasteiger partial charge in [-0.3, -0.25) is 0 Å². The topological polar surface area (TPSA) is 84.3 Å². The van der Waals surface area contributed by atoms with Gasteiger partial charge in [-0.15, -0.1) is 10.2 Å². The molecule has 0 saturated carbocycles. The van der Waals surface area contributed by atoms with E-state index in [1.54, 1.807) is 6.07 Å². The van der Waals surface area contributed by atoms with Gasteiger partial charge in [0.1, 0.15) is 0 Å². The predicted molar refractivity (Wildman–Crippen MR) is 80.6 cm³/mol. The number of hydrogen-bond acceptors (Lipinski definition) is 5. The number of nitrogens with one attached hydrogen (secondary N) is 1. The summed E-state index contributed by atoms with van der Waals surface area (Å²) >= 11 is 0. The Morgan fingerprint density at radius 1 is 1.33 bits per heavy atom. The average molecular weight is 289 g/mol. The quantitative estimate of drug-likeness (QED) is 0.761. The molecule has 1 aromatic carbocycles. The largest absolute Gasteiger partial charge is 0.476 e. The Morgan fingerprint density at radius 2 is 2.10 bits per heavy atom. The highest BCUT2D eigenvalue weighted by atomic mass is 16.5. The number of carboxylic acids is 1. The van der Waals surface area contributed by atoms with Gasteiger partial charge in [-0.1, -0.05) is 32.0 Å². The third-order valence-corrected chi connectivity index (χ3v) is 2.87. The van der Waals surface area contributed by atoms with E-state index in [0.717, 1.165) is 5.39 Å². The first-order valence-electron chi connectivity index (χ1n) is 6.90. The van der Waals surface area contributed by atoms with E-state index < -0.39 is 5.97 Å².